The van der Waals surface area contributed by atoms with Gasteiger partial charge in [-0.15, -0.1) is 0 Å². The Labute approximate surface area is 206 Å². The summed E-state index contributed by atoms with van der Waals surface area (Å²) in [6, 6.07) is 15.7. The Kier molecular flexibility index (Phi) is 8.27. The Bertz CT molecular complexity index is 1280. The van der Waals surface area contributed by atoms with E-state index < -0.39 is 34.8 Å². The van der Waals surface area contributed by atoms with Gasteiger partial charge in [-0.05, 0) is 60.7 Å². The number of hydrogen-bond acceptors (Lipinski definition) is 4. The smallest absolute Gasteiger partial charge is 0.243 e. The predicted molar refractivity (Wildman–Crippen MR) is 130 cm³/mol. The van der Waals surface area contributed by atoms with Gasteiger partial charge in [-0.25, -0.2) is 12.8 Å². The van der Waals surface area contributed by atoms with Crippen molar-refractivity contribution >= 4 is 56.4 Å². The molecule has 11 heteroatoms. The quantitative estimate of drug-likeness (QED) is 0.437. The maximum atomic E-state index is 14.4. The van der Waals surface area contributed by atoms with Crippen LogP contribution in [-0.2, 0) is 26.2 Å². The van der Waals surface area contributed by atoms with Crippen LogP contribution in [0.15, 0.2) is 71.6 Å². The van der Waals surface area contributed by atoms with Gasteiger partial charge in [0.2, 0.25) is 21.8 Å². The number of sulfonamides is 1. The van der Waals surface area contributed by atoms with Gasteiger partial charge in [-0.2, -0.15) is 4.31 Å². The van der Waals surface area contributed by atoms with Gasteiger partial charge >= 0.3 is 0 Å². The van der Waals surface area contributed by atoms with E-state index >= 15 is 0 Å². The standard InChI is InChI=1S/C23H20Cl2FN3O4S/c1-15(30)27-17-7-9-18(10-8-17)28-23(31)14-29(13-20-21(25)3-2-4-22(20)26)34(32,33)19-11-5-16(24)6-12-19/h2-12H,13-14H2,1H3,(H,27,30)(H,28,31). The van der Waals surface area contributed by atoms with E-state index in [1.165, 1.54) is 43.3 Å². The summed E-state index contributed by atoms with van der Waals surface area (Å²) in [5.41, 5.74) is 0.854. The Morgan fingerprint density at radius 2 is 1.50 bits per heavy atom. The summed E-state index contributed by atoms with van der Waals surface area (Å²) in [5, 5.41) is 5.56. The van der Waals surface area contributed by atoms with Crippen molar-refractivity contribution in [1.29, 1.82) is 0 Å². The monoisotopic (exact) mass is 523 g/mol. The molecular formula is C23H20Cl2FN3O4S. The molecule has 0 spiro atoms. The highest BCUT2D eigenvalue weighted by atomic mass is 35.5. The van der Waals surface area contributed by atoms with Crippen LogP contribution in [0.4, 0.5) is 15.8 Å². The van der Waals surface area contributed by atoms with Crippen LogP contribution in [0.1, 0.15) is 12.5 Å². The summed E-state index contributed by atoms with van der Waals surface area (Å²) in [5.74, 6) is -1.60. The molecular weight excluding hydrogens is 504 g/mol. The molecule has 0 radical (unpaired) electrons. The van der Waals surface area contributed by atoms with E-state index in [0.717, 1.165) is 10.4 Å². The van der Waals surface area contributed by atoms with Gasteiger partial charge in [0.15, 0.2) is 0 Å². The highest BCUT2D eigenvalue weighted by Gasteiger charge is 2.28. The molecule has 34 heavy (non-hydrogen) atoms. The second-order valence-corrected chi connectivity index (χ2v) is 10.0. The van der Waals surface area contributed by atoms with Crippen LogP contribution in [0.5, 0.6) is 0 Å². The lowest BCUT2D eigenvalue weighted by atomic mass is 10.2. The molecule has 3 aromatic carbocycles. The molecule has 7 nitrogen and oxygen atoms in total. The van der Waals surface area contributed by atoms with Gasteiger partial charge in [0.25, 0.3) is 0 Å². The van der Waals surface area contributed by atoms with Crippen molar-refractivity contribution in [2.75, 3.05) is 17.2 Å². The summed E-state index contributed by atoms with van der Waals surface area (Å²) >= 11 is 12.0. The van der Waals surface area contributed by atoms with Crippen molar-refractivity contribution < 1.29 is 22.4 Å². The fraction of sp³-hybridized carbons (Fsp3) is 0.130. The molecule has 3 aromatic rings. The van der Waals surface area contributed by atoms with Gasteiger partial charge in [0.1, 0.15) is 5.82 Å². The van der Waals surface area contributed by atoms with Crippen LogP contribution in [-0.4, -0.2) is 31.1 Å². The number of nitrogens with one attached hydrogen (secondary N) is 2. The maximum absolute atomic E-state index is 14.4. The lowest BCUT2D eigenvalue weighted by Gasteiger charge is -2.23. The molecule has 0 aliphatic carbocycles. The zero-order valence-electron chi connectivity index (χ0n) is 17.9. The van der Waals surface area contributed by atoms with Crippen LogP contribution < -0.4 is 10.6 Å². The zero-order valence-corrected chi connectivity index (χ0v) is 20.2. The normalized spacial score (nSPS) is 11.3. The van der Waals surface area contributed by atoms with Crippen LogP contribution in [0.25, 0.3) is 0 Å². The molecule has 0 saturated carbocycles. The van der Waals surface area contributed by atoms with Gasteiger partial charge in [-0.3, -0.25) is 9.59 Å². The molecule has 0 fully saturated rings. The first-order chi connectivity index (χ1) is 16.1. The van der Waals surface area contributed by atoms with Gasteiger partial charge < -0.3 is 10.6 Å². The number of anilines is 2. The van der Waals surface area contributed by atoms with Crippen LogP contribution >= 0.6 is 23.2 Å². The van der Waals surface area contributed by atoms with Gasteiger partial charge in [-0.1, -0.05) is 29.3 Å². The number of rotatable bonds is 8. The highest BCUT2D eigenvalue weighted by Crippen LogP contribution is 2.25. The highest BCUT2D eigenvalue weighted by molar-refractivity contribution is 7.89. The number of carbonyl (C=O) groups excluding carboxylic acids is 2. The molecule has 0 unspecified atom stereocenters. The third kappa shape index (κ3) is 6.54. The molecule has 178 valence electrons. The minimum atomic E-state index is -4.22. The van der Waals surface area contributed by atoms with E-state index in [-0.39, 0.29) is 21.4 Å². The molecule has 2 N–H and O–H groups in total. The first-order valence-corrected chi connectivity index (χ1v) is 12.1. The van der Waals surface area contributed by atoms with Crippen molar-refractivity contribution in [3.63, 3.8) is 0 Å². The average Bonchev–Trinajstić information content (AvgIpc) is 2.77. The number of nitrogens with zero attached hydrogens (tertiary/aromatic N) is 1. The summed E-state index contributed by atoms with van der Waals surface area (Å²) < 4.78 is 41.9. The minimum Gasteiger partial charge on any atom is -0.326 e. The number of hydrogen-bond donors (Lipinski definition) is 2. The Morgan fingerprint density at radius 3 is 2.06 bits per heavy atom. The maximum Gasteiger partial charge on any atom is 0.243 e. The minimum absolute atomic E-state index is 0.0327. The Hall–Kier alpha value is -2.98. The van der Waals surface area contributed by atoms with Crippen molar-refractivity contribution in [2.45, 2.75) is 18.4 Å². The van der Waals surface area contributed by atoms with Crippen molar-refractivity contribution in [3.8, 4) is 0 Å². The number of carbonyl (C=O) groups is 2. The lowest BCUT2D eigenvalue weighted by Crippen LogP contribution is -2.37. The molecule has 3 rings (SSSR count). The summed E-state index contributed by atoms with van der Waals surface area (Å²) in [6.07, 6.45) is 0. The first kappa shape index (κ1) is 25.6. The second kappa shape index (κ2) is 11.0. The lowest BCUT2D eigenvalue weighted by molar-refractivity contribution is -0.116. The Morgan fingerprint density at radius 1 is 0.912 bits per heavy atom. The van der Waals surface area contributed by atoms with Crippen LogP contribution in [0.3, 0.4) is 0 Å². The fourth-order valence-electron chi connectivity index (χ4n) is 3.04. The third-order valence-corrected chi connectivity index (χ3v) is 7.07. The second-order valence-electron chi connectivity index (χ2n) is 7.23. The van der Waals surface area contributed by atoms with Crippen molar-refractivity contribution in [1.82, 2.24) is 4.31 Å². The molecule has 0 atom stereocenters. The molecule has 0 bridgehead atoms. The van der Waals surface area contributed by atoms with Crippen LogP contribution in [0, 0.1) is 5.82 Å². The molecule has 2 amide bonds. The summed E-state index contributed by atoms with van der Waals surface area (Å²) in [4.78, 5) is 23.8. The fourth-order valence-corrected chi connectivity index (χ4v) is 4.76. The molecule has 0 aromatic heterocycles. The van der Waals surface area contributed by atoms with Crippen LogP contribution in [0.2, 0.25) is 10.0 Å². The molecule has 0 aliphatic heterocycles. The van der Waals surface area contributed by atoms with E-state index in [1.807, 2.05) is 0 Å². The van der Waals surface area contributed by atoms with E-state index in [0.29, 0.717) is 16.4 Å². The predicted octanol–water partition coefficient (Wildman–Crippen LogP) is 4.92. The van der Waals surface area contributed by atoms with E-state index in [9.17, 15) is 22.4 Å². The average molecular weight is 524 g/mol. The molecule has 0 aliphatic rings. The summed E-state index contributed by atoms with van der Waals surface area (Å²) in [6.45, 7) is 0.293. The van der Waals surface area contributed by atoms with E-state index in [1.54, 1.807) is 24.3 Å². The Balaban J connectivity index is 1.86. The van der Waals surface area contributed by atoms with Gasteiger partial charge in [0.05, 0.1) is 11.4 Å². The largest absolute Gasteiger partial charge is 0.326 e. The van der Waals surface area contributed by atoms with Crippen molar-refractivity contribution in [2.24, 2.45) is 0 Å². The number of benzene rings is 3. The number of halogens is 3. The topological polar surface area (TPSA) is 95.6 Å². The van der Waals surface area contributed by atoms with E-state index in [2.05, 4.69) is 10.6 Å². The SMILES string of the molecule is CC(=O)Nc1ccc(NC(=O)CN(Cc2c(F)cccc2Cl)S(=O)(=O)c2ccc(Cl)cc2)cc1. The zero-order chi connectivity index (χ0) is 24.9. The molecule has 0 heterocycles. The summed E-state index contributed by atoms with van der Waals surface area (Å²) in [7, 11) is -4.22. The molecule has 0 saturated heterocycles. The van der Waals surface area contributed by atoms with E-state index in [4.69, 9.17) is 23.2 Å². The number of amides is 2. The first-order valence-electron chi connectivity index (χ1n) is 9.92. The third-order valence-electron chi connectivity index (χ3n) is 4.66. The van der Waals surface area contributed by atoms with Crippen molar-refractivity contribution in [3.05, 3.63) is 88.2 Å². The van der Waals surface area contributed by atoms with Gasteiger partial charge in [0, 0.05) is 40.5 Å².